The number of hydrogen-bond donors (Lipinski definition) is 1. The Morgan fingerprint density at radius 2 is 1.87 bits per heavy atom. The molecule has 1 N–H and O–H groups in total. The van der Waals surface area contributed by atoms with Crippen molar-refractivity contribution in [2.45, 2.75) is 19.5 Å². The number of rotatable bonds is 6. The molecule has 0 saturated carbocycles. The summed E-state index contributed by atoms with van der Waals surface area (Å²) in [6.45, 7) is 3.11. The number of methoxy groups -OCH3 is 2. The fraction of sp³-hybridized carbons (Fsp3) is 0.333. The zero-order chi connectivity index (χ0) is 16.2. The Bertz CT molecular complexity index is 687. The molecule has 1 aliphatic heterocycles. The molecule has 122 valence electrons. The molecule has 0 aromatic heterocycles. The number of hydrogen-bond acceptors (Lipinski definition) is 5. The summed E-state index contributed by atoms with van der Waals surface area (Å²) in [5.74, 6) is 3.21. The summed E-state index contributed by atoms with van der Waals surface area (Å²) in [4.78, 5) is 0. The van der Waals surface area contributed by atoms with Gasteiger partial charge < -0.3 is 24.3 Å². The quantitative estimate of drug-likeness (QED) is 0.886. The van der Waals surface area contributed by atoms with Crippen LogP contribution in [0.4, 0.5) is 0 Å². The minimum absolute atomic E-state index is 0.177. The van der Waals surface area contributed by atoms with Gasteiger partial charge in [0.05, 0.1) is 14.2 Å². The standard InChI is InChI=1S/C18H21NO4/c1-12(13-5-7-16-18(8-13)23-11-22-16)19-10-14-4-6-15(20-2)9-17(14)21-3/h4-9,12,19H,10-11H2,1-3H3/t12-/m0/s1. The van der Waals surface area contributed by atoms with Crippen LogP contribution >= 0.6 is 0 Å². The summed E-state index contributed by atoms with van der Waals surface area (Å²) in [7, 11) is 3.31. The van der Waals surface area contributed by atoms with Crippen molar-refractivity contribution in [1.29, 1.82) is 0 Å². The molecule has 3 rings (SSSR count). The maximum Gasteiger partial charge on any atom is 0.231 e. The predicted octanol–water partition coefficient (Wildman–Crippen LogP) is 3.28. The van der Waals surface area contributed by atoms with E-state index in [1.54, 1.807) is 14.2 Å². The summed E-state index contributed by atoms with van der Waals surface area (Å²) in [6.07, 6.45) is 0. The lowest BCUT2D eigenvalue weighted by atomic mass is 10.1. The Morgan fingerprint density at radius 1 is 1.04 bits per heavy atom. The van der Waals surface area contributed by atoms with Gasteiger partial charge in [-0.05, 0) is 30.7 Å². The molecular weight excluding hydrogens is 294 g/mol. The maximum absolute atomic E-state index is 5.43. The van der Waals surface area contributed by atoms with Gasteiger partial charge >= 0.3 is 0 Å². The minimum atomic E-state index is 0.177. The molecule has 0 aliphatic carbocycles. The smallest absolute Gasteiger partial charge is 0.231 e. The highest BCUT2D eigenvalue weighted by atomic mass is 16.7. The van der Waals surface area contributed by atoms with E-state index in [4.69, 9.17) is 18.9 Å². The molecule has 5 nitrogen and oxygen atoms in total. The largest absolute Gasteiger partial charge is 0.497 e. The third-order valence-corrected chi connectivity index (χ3v) is 3.99. The second-order valence-corrected chi connectivity index (χ2v) is 5.39. The fourth-order valence-electron chi connectivity index (χ4n) is 2.56. The van der Waals surface area contributed by atoms with Crippen molar-refractivity contribution in [2.75, 3.05) is 21.0 Å². The summed E-state index contributed by atoms with van der Waals surface area (Å²) >= 11 is 0. The van der Waals surface area contributed by atoms with E-state index in [0.29, 0.717) is 13.3 Å². The number of fused-ring (bicyclic) bond motifs is 1. The highest BCUT2D eigenvalue weighted by Crippen LogP contribution is 2.34. The number of benzene rings is 2. The molecule has 0 spiro atoms. The highest BCUT2D eigenvalue weighted by molar-refractivity contribution is 5.45. The topological polar surface area (TPSA) is 49.0 Å². The van der Waals surface area contributed by atoms with Crippen LogP contribution in [0, 0.1) is 0 Å². The SMILES string of the molecule is COc1ccc(CN[C@@H](C)c2ccc3c(c2)OCO3)c(OC)c1. The maximum atomic E-state index is 5.43. The van der Waals surface area contributed by atoms with Gasteiger partial charge in [0, 0.05) is 24.2 Å². The van der Waals surface area contributed by atoms with Crippen LogP contribution in [0.5, 0.6) is 23.0 Å². The van der Waals surface area contributed by atoms with Gasteiger partial charge in [-0.2, -0.15) is 0 Å². The lowest BCUT2D eigenvalue weighted by Gasteiger charge is -2.16. The number of nitrogens with one attached hydrogen (secondary N) is 1. The van der Waals surface area contributed by atoms with Gasteiger partial charge in [-0.15, -0.1) is 0 Å². The Hall–Kier alpha value is -2.40. The van der Waals surface area contributed by atoms with Crippen LogP contribution in [0.2, 0.25) is 0 Å². The lowest BCUT2D eigenvalue weighted by Crippen LogP contribution is -2.18. The zero-order valence-electron chi connectivity index (χ0n) is 13.6. The lowest BCUT2D eigenvalue weighted by molar-refractivity contribution is 0.174. The van der Waals surface area contributed by atoms with Crippen LogP contribution in [0.25, 0.3) is 0 Å². The molecule has 1 aliphatic rings. The molecular formula is C18H21NO4. The van der Waals surface area contributed by atoms with Gasteiger partial charge in [-0.25, -0.2) is 0 Å². The van der Waals surface area contributed by atoms with E-state index in [1.165, 1.54) is 0 Å². The number of ether oxygens (including phenoxy) is 4. The van der Waals surface area contributed by atoms with Gasteiger partial charge in [0.1, 0.15) is 11.5 Å². The zero-order valence-corrected chi connectivity index (χ0v) is 13.6. The summed E-state index contributed by atoms with van der Waals surface area (Å²) in [5.41, 5.74) is 2.24. The van der Waals surface area contributed by atoms with Crippen molar-refractivity contribution < 1.29 is 18.9 Å². The molecule has 0 bridgehead atoms. The van der Waals surface area contributed by atoms with E-state index < -0.39 is 0 Å². The molecule has 0 amide bonds. The van der Waals surface area contributed by atoms with Crippen LogP contribution in [-0.2, 0) is 6.54 Å². The average Bonchev–Trinajstić information content (AvgIpc) is 3.07. The Balaban J connectivity index is 1.68. The molecule has 2 aromatic carbocycles. The molecule has 1 heterocycles. The van der Waals surface area contributed by atoms with Crippen molar-refractivity contribution in [1.82, 2.24) is 5.32 Å². The van der Waals surface area contributed by atoms with Crippen molar-refractivity contribution in [3.05, 3.63) is 47.5 Å². The van der Waals surface area contributed by atoms with Crippen LogP contribution in [-0.4, -0.2) is 21.0 Å². The van der Waals surface area contributed by atoms with Crippen molar-refractivity contribution in [3.63, 3.8) is 0 Å². The van der Waals surface area contributed by atoms with Gasteiger partial charge in [0.25, 0.3) is 0 Å². The first-order valence-electron chi connectivity index (χ1n) is 7.55. The normalized spacial score (nSPS) is 13.7. The molecule has 1 atom stereocenters. The first kappa shape index (κ1) is 15.5. The fourth-order valence-corrected chi connectivity index (χ4v) is 2.56. The average molecular weight is 315 g/mol. The third kappa shape index (κ3) is 3.35. The second-order valence-electron chi connectivity index (χ2n) is 5.39. The van der Waals surface area contributed by atoms with Crippen LogP contribution in [0.1, 0.15) is 24.1 Å². The van der Waals surface area contributed by atoms with E-state index in [2.05, 4.69) is 18.3 Å². The minimum Gasteiger partial charge on any atom is -0.497 e. The van der Waals surface area contributed by atoms with Gasteiger partial charge in [-0.3, -0.25) is 0 Å². The van der Waals surface area contributed by atoms with Gasteiger partial charge in [-0.1, -0.05) is 12.1 Å². The van der Waals surface area contributed by atoms with E-state index in [9.17, 15) is 0 Å². The Kier molecular flexibility index (Phi) is 4.57. The van der Waals surface area contributed by atoms with Crippen LogP contribution < -0.4 is 24.3 Å². The Labute approximate surface area is 136 Å². The van der Waals surface area contributed by atoms with Crippen molar-refractivity contribution >= 4 is 0 Å². The molecule has 2 aromatic rings. The Morgan fingerprint density at radius 3 is 2.65 bits per heavy atom. The molecule has 0 radical (unpaired) electrons. The monoisotopic (exact) mass is 315 g/mol. The van der Waals surface area contributed by atoms with E-state index >= 15 is 0 Å². The first-order chi connectivity index (χ1) is 11.2. The van der Waals surface area contributed by atoms with Gasteiger partial charge in [0.15, 0.2) is 11.5 Å². The molecule has 0 saturated heterocycles. The first-order valence-corrected chi connectivity index (χ1v) is 7.55. The van der Waals surface area contributed by atoms with Crippen molar-refractivity contribution in [2.24, 2.45) is 0 Å². The van der Waals surface area contributed by atoms with Gasteiger partial charge in [0.2, 0.25) is 6.79 Å². The summed E-state index contributed by atoms with van der Waals surface area (Å²) in [5, 5.41) is 3.50. The molecule has 5 heteroatoms. The second kappa shape index (κ2) is 6.79. The van der Waals surface area contributed by atoms with Crippen molar-refractivity contribution in [3.8, 4) is 23.0 Å². The van der Waals surface area contributed by atoms with E-state index in [1.807, 2.05) is 30.3 Å². The van der Waals surface area contributed by atoms with Crippen LogP contribution in [0.15, 0.2) is 36.4 Å². The summed E-state index contributed by atoms with van der Waals surface area (Å²) < 4.78 is 21.4. The predicted molar refractivity (Wildman–Crippen MR) is 87.4 cm³/mol. The van der Waals surface area contributed by atoms with E-state index in [-0.39, 0.29) is 6.04 Å². The highest BCUT2D eigenvalue weighted by Gasteiger charge is 2.16. The summed E-state index contributed by atoms with van der Waals surface area (Å²) in [6, 6.07) is 12.0. The molecule has 0 unspecified atom stereocenters. The van der Waals surface area contributed by atoms with E-state index in [0.717, 1.165) is 34.1 Å². The molecule has 23 heavy (non-hydrogen) atoms. The third-order valence-electron chi connectivity index (χ3n) is 3.99. The molecule has 0 fully saturated rings. The van der Waals surface area contributed by atoms with Crippen LogP contribution in [0.3, 0.4) is 0 Å².